The molecule has 0 radical (unpaired) electrons. The summed E-state index contributed by atoms with van der Waals surface area (Å²) in [6.45, 7) is 5.75. The highest BCUT2D eigenvalue weighted by Crippen LogP contribution is 2.48. The highest BCUT2D eigenvalue weighted by atomic mass is 16.1. The van der Waals surface area contributed by atoms with Crippen molar-refractivity contribution in [3.63, 3.8) is 0 Å². The summed E-state index contributed by atoms with van der Waals surface area (Å²) in [5, 5.41) is 6.19. The van der Waals surface area contributed by atoms with E-state index in [0.717, 1.165) is 13.1 Å². The monoisotopic (exact) mass is 261 g/mol. The van der Waals surface area contributed by atoms with Gasteiger partial charge in [0.15, 0.2) is 0 Å². The maximum atomic E-state index is 12.2. The molecule has 0 aromatic carbocycles. The molecular weight excluding hydrogens is 238 g/mol. The second-order valence-corrected chi connectivity index (χ2v) is 5.36. The van der Waals surface area contributed by atoms with Crippen LogP contribution >= 0.6 is 0 Å². The lowest BCUT2D eigenvalue weighted by Gasteiger charge is -2.16. The van der Waals surface area contributed by atoms with Crippen LogP contribution in [0.15, 0.2) is 18.3 Å². The summed E-state index contributed by atoms with van der Waals surface area (Å²) in [5.74, 6) is 0.647. The first-order valence-corrected chi connectivity index (χ1v) is 7.18. The maximum Gasteiger partial charge on any atom is 0.255 e. The third-order valence-electron chi connectivity index (χ3n) is 3.76. The molecule has 1 aliphatic carbocycles. The summed E-state index contributed by atoms with van der Waals surface area (Å²) in [6.07, 6.45) is 6.59. The fourth-order valence-corrected chi connectivity index (χ4v) is 2.48. The van der Waals surface area contributed by atoms with Crippen LogP contribution in [-0.4, -0.2) is 24.0 Å². The molecule has 19 heavy (non-hydrogen) atoms. The molecule has 4 heteroatoms. The van der Waals surface area contributed by atoms with Gasteiger partial charge in [-0.3, -0.25) is 4.79 Å². The Balaban J connectivity index is 1.96. The molecule has 0 spiro atoms. The van der Waals surface area contributed by atoms with Crippen LogP contribution in [0.25, 0.3) is 0 Å². The summed E-state index contributed by atoms with van der Waals surface area (Å²) in [4.78, 5) is 16.4. The third kappa shape index (κ3) is 3.46. The van der Waals surface area contributed by atoms with Gasteiger partial charge in [0.2, 0.25) is 0 Å². The zero-order valence-corrected chi connectivity index (χ0v) is 11.8. The van der Waals surface area contributed by atoms with E-state index >= 15 is 0 Å². The molecular formula is C15H23N3O. The van der Waals surface area contributed by atoms with Crippen LogP contribution in [0.1, 0.15) is 49.9 Å². The topological polar surface area (TPSA) is 54.0 Å². The number of nitrogens with one attached hydrogen (secondary N) is 2. The van der Waals surface area contributed by atoms with Crippen molar-refractivity contribution in [3.8, 4) is 0 Å². The van der Waals surface area contributed by atoms with Crippen LogP contribution in [0.5, 0.6) is 0 Å². The van der Waals surface area contributed by atoms with Crippen molar-refractivity contribution < 1.29 is 4.79 Å². The predicted molar refractivity (Wildman–Crippen MR) is 77.3 cm³/mol. The minimum atomic E-state index is -0.0218. The maximum absolute atomic E-state index is 12.2. The first-order chi connectivity index (χ1) is 9.21. The van der Waals surface area contributed by atoms with Gasteiger partial charge < -0.3 is 10.6 Å². The van der Waals surface area contributed by atoms with Gasteiger partial charge in [0.25, 0.3) is 5.91 Å². The molecule has 104 valence electrons. The minimum absolute atomic E-state index is 0.0218. The van der Waals surface area contributed by atoms with Gasteiger partial charge >= 0.3 is 0 Å². The molecule has 2 N–H and O–H groups in total. The van der Waals surface area contributed by atoms with Gasteiger partial charge in [-0.15, -0.1) is 0 Å². The van der Waals surface area contributed by atoms with E-state index in [1.165, 1.54) is 25.7 Å². The zero-order chi connectivity index (χ0) is 13.7. The van der Waals surface area contributed by atoms with Gasteiger partial charge in [0.05, 0.1) is 5.56 Å². The largest absolute Gasteiger partial charge is 0.370 e. The predicted octanol–water partition coefficient (Wildman–Crippen LogP) is 2.82. The molecule has 1 aromatic heterocycles. The summed E-state index contributed by atoms with van der Waals surface area (Å²) in [7, 11) is 0. The van der Waals surface area contributed by atoms with Crippen LogP contribution in [0.3, 0.4) is 0 Å². The molecule has 0 saturated heterocycles. The minimum Gasteiger partial charge on any atom is -0.370 e. The lowest BCUT2D eigenvalue weighted by atomic mass is 10.0. The average molecular weight is 261 g/mol. The van der Waals surface area contributed by atoms with E-state index in [1.54, 1.807) is 12.3 Å². The lowest BCUT2D eigenvalue weighted by Crippen LogP contribution is -2.31. The number of anilines is 1. The quantitative estimate of drug-likeness (QED) is 0.793. The number of pyridine rings is 1. The number of hydrogen-bond acceptors (Lipinski definition) is 3. The van der Waals surface area contributed by atoms with Gasteiger partial charge in [-0.05, 0) is 43.7 Å². The Morgan fingerprint density at radius 2 is 2.21 bits per heavy atom. The van der Waals surface area contributed by atoms with Crippen molar-refractivity contribution in [1.82, 2.24) is 10.3 Å². The number of rotatable bonds is 7. The number of hydrogen-bond donors (Lipinski definition) is 2. The van der Waals surface area contributed by atoms with E-state index in [2.05, 4.69) is 22.5 Å². The van der Waals surface area contributed by atoms with Crippen molar-refractivity contribution in [1.29, 1.82) is 0 Å². The van der Waals surface area contributed by atoms with Crippen molar-refractivity contribution in [2.45, 2.75) is 39.5 Å². The van der Waals surface area contributed by atoms with Crippen LogP contribution in [0.2, 0.25) is 0 Å². The Morgan fingerprint density at radius 3 is 2.84 bits per heavy atom. The molecule has 4 nitrogen and oxygen atoms in total. The molecule has 1 aliphatic rings. The Bertz CT molecular complexity index is 441. The van der Waals surface area contributed by atoms with Gasteiger partial charge in [-0.2, -0.15) is 0 Å². The van der Waals surface area contributed by atoms with Crippen LogP contribution in [-0.2, 0) is 0 Å². The number of nitrogens with zero attached hydrogens (tertiary/aromatic N) is 1. The van der Waals surface area contributed by atoms with Gasteiger partial charge in [0, 0.05) is 19.3 Å². The van der Waals surface area contributed by atoms with Crippen LogP contribution < -0.4 is 10.6 Å². The normalized spacial score (nSPS) is 15.9. The van der Waals surface area contributed by atoms with Gasteiger partial charge in [-0.25, -0.2) is 4.98 Å². The number of amides is 1. The molecule has 0 atom stereocenters. The Kier molecular flexibility index (Phi) is 4.40. The zero-order valence-electron chi connectivity index (χ0n) is 11.8. The Hall–Kier alpha value is -1.58. The molecule has 1 heterocycles. The molecule has 0 aliphatic heterocycles. The second kappa shape index (κ2) is 6.04. The van der Waals surface area contributed by atoms with E-state index in [4.69, 9.17) is 0 Å². The number of carbonyl (C=O) groups excluding carboxylic acids is 1. The molecule has 0 bridgehead atoms. The molecule has 1 saturated carbocycles. The van der Waals surface area contributed by atoms with Crippen LogP contribution in [0.4, 0.5) is 5.82 Å². The van der Waals surface area contributed by atoms with Gasteiger partial charge in [-0.1, -0.05) is 13.3 Å². The van der Waals surface area contributed by atoms with E-state index in [9.17, 15) is 4.79 Å². The second-order valence-electron chi connectivity index (χ2n) is 5.36. The van der Waals surface area contributed by atoms with E-state index in [0.29, 0.717) is 16.8 Å². The molecule has 1 aromatic rings. The van der Waals surface area contributed by atoms with E-state index < -0.39 is 0 Å². The average Bonchev–Trinajstić information content (AvgIpc) is 3.18. The molecule has 1 fully saturated rings. The Morgan fingerprint density at radius 1 is 1.42 bits per heavy atom. The standard InChI is InChI=1S/C15H23N3O/c1-3-7-15(8-9-15)11-18-14(19)12-6-5-10-17-13(12)16-4-2/h5-6,10H,3-4,7-9,11H2,1-2H3,(H,16,17)(H,18,19). The first-order valence-electron chi connectivity index (χ1n) is 7.18. The Labute approximate surface area is 115 Å². The fraction of sp³-hybridized carbons (Fsp3) is 0.600. The SMILES string of the molecule is CCCC1(CNC(=O)c2cccnc2NCC)CC1. The fourth-order valence-electron chi connectivity index (χ4n) is 2.48. The first kappa shape index (κ1) is 13.8. The smallest absolute Gasteiger partial charge is 0.255 e. The summed E-state index contributed by atoms with van der Waals surface area (Å²) < 4.78 is 0. The highest BCUT2D eigenvalue weighted by Gasteiger charge is 2.41. The number of carbonyl (C=O) groups is 1. The van der Waals surface area contributed by atoms with E-state index in [1.807, 2.05) is 13.0 Å². The number of aromatic nitrogens is 1. The summed E-state index contributed by atoms with van der Waals surface area (Å²) >= 11 is 0. The lowest BCUT2D eigenvalue weighted by molar-refractivity contribution is 0.0944. The van der Waals surface area contributed by atoms with Crippen molar-refractivity contribution >= 4 is 11.7 Å². The van der Waals surface area contributed by atoms with Crippen molar-refractivity contribution in [2.75, 3.05) is 18.4 Å². The molecule has 2 rings (SSSR count). The molecule has 0 unspecified atom stereocenters. The summed E-state index contributed by atoms with van der Waals surface area (Å²) in [5.41, 5.74) is 1.02. The third-order valence-corrected chi connectivity index (χ3v) is 3.76. The molecule has 1 amide bonds. The van der Waals surface area contributed by atoms with E-state index in [-0.39, 0.29) is 5.91 Å². The van der Waals surface area contributed by atoms with Crippen LogP contribution in [0, 0.1) is 5.41 Å². The van der Waals surface area contributed by atoms with Crippen molar-refractivity contribution in [2.24, 2.45) is 5.41 Å². The summed E-state index contributed by atoms with van der Waals surface area (Å²) in [6, 6.07) is 3.62. The van der Waals surface area contributed by atoms with Gasteiger partial charge in [0.1, 0.15) is 5.82 Å². The van der Waals surface area contributed by atoms with Crippen molar-refractivity contribution in [3.05, 3.63) is 23.9 Å². The highest BCUT2D eigenvalue weighted by molar-refractivity contribution is 5.98.